The number of ether oxygens (including phenoxy) is 2. The number of imide groups is 2. The number of carbonyl (C=O) groups is 4. The van der Waals surface area contributed by atoms with Crippen LogP contribution in [0.4, 0.5) is 9.59 Å². The lowest BCUT2D eigenvalue weighted by Crippen LogP contribution is -2.73. The molecule has 2 aromatic carbocycles. The average molecular weight is 456 g/mol. The van der Waals surface area contributed by atoms with Crippen molar-refractivity contribution in [2.24, 2.45) is 5.41 Å². The van der Waals surface area contributed by atoms with Gasteiger partial charge in [0, 0.05) is 0 Å². The molecule has 1 spiro atoms. The van der Waals surface area contributed by atoms with Gasteiger partial charge in [-0.15, -0.1) is 0 Å². The van der Waals surface area contributed by atoms with Crippen molar-refractivity contribution in [2.45, 2.75) is 12.1 Å². The molecule has 0 bridgehead atoms. The van der Waals surface area contributed by atoms with Crippen LogP contribution in [-0.2, 0) is 9.59 Å². The lowest BCUT2D eigenvalue weighted by Gasteiger charge is -2.48. The van der Waals surface area contributed by atoms with E-state index < -0.39 is 41.4 Å². The van der Waals surface area contributed by atoms with Crippen LogP contribution < -0.4 is 30.7 Å². The highest BCUT2D eigenvalue weighted by Crippen LogP contribution is 2.50. The molecule has 2 atom stereocenters. The number of barbiturate groups is 1. The lowest BCUT2D eigenvalue weighted by atomic mass is 9.65. The first-order valence-corrected chi connectivity index (χ1v) is 9.70. The molecule has 33 heavy (non-hydrogen) atoms. The summed E-state index contributed by atoms with van der Waals surface area (Å²) in [6.07, 6.45) is 0. The predicted molar refractivity (Wildman–Crippen MR) is 111 cm³/mol. The minimum atomic E-state index is -2.09. The fourth-order valence-electron chi connectivity index (χ4n) is 4.21. The van der Waals surface area contributed by atoms with Crippen LogP contribution in [0.2, 0.25) is 0 Å². The number of carbonyl (C=O) groups excluding carboxylic acids is 4. The highest BCUT2D eigenvalue weighted by atomic mass is 16.5. The molecule has 0 aromatic heterocycles. The van der Waals surface area contributed by atoms with Crippen LogP contribution in [0, 0.1) is 5.41 Å². The van der Waals surface area contributed by atoms with Gasteiger partial charge in [0.1, 0.15) is 0 Å². The number of phenols is 2. The first-order valence-electron chi connectivity index (χ1n) is 9.70. The number of methoxy groups -OCH3 is 2. The quantitative estimate of drug-likeness (QED) is 0.362. The van der Waals surface area contributed by atoms with Gasteiger partial charge in [0.15, 0.2) is 28.4 Å². The molecule has 0 radical (unpaired) electrons. The number of amides is 6. The van der Waals surface area contributed by atoms with Crippen LogP contribution in [0.3, 0.4) is 0 Å². The summed E-state index contributed by atoms with van der Waals surface area (Å²) in [5.74, 6) is -2.21. The second-order valence-corrected chi connectivity index (χ2v) is 7.45. The molecule has 172 valence electrons. The van der Waals surface area contributed by atoms with Crippen molar-refractivity contribution in [2.75, 3.05) is 14.2 Å². The summed E-state index contributed by atoms with van der Waals surface area (Å²) >= 11 is 0. The SMILES string of the molecule is COc1cc([C@@H]2NC(=O)N[C@@H](c3ccc(O)c(OC)c3)C23C(=O)NC(=O)NC3=O)ccc1O. The summed E-state index contributed by atoms with van der Waals surface area (Å²) < 4.78 is 10.3. The minimum absolute atomic E-state index is 0.0472. The van der Waals surface area contributed by atoms with Gasteiger partial charge in [0.2, 0.25) is 11.8 Å². The standard InChI is InChI=1S/C21H20N4O8/c1-32-13-7-9(3-5-11(13)26)15-21(17(28)24-20(31)25-18(21)29)16(23-19(30)22-15)10-4-6-12(27)14(8-10)33-2/h3-8,15-16,26-27H,1-2H3,(H2,22,23,30)(H2,24,25,28,29,31)/t15-,16-/m0/s1. The molecule has 2 aliphatic rings. The van der Waals surface area contributed by atoms with Gasteiger partial charge in [-0.3, -0.25) is 20.2 Å². The van der Waals surface area contributed by atoms with E-state index >= 15 is 0 Å². The van der Waals surface area contributed by atoms with E-state index in [1.54, 1.807) is 0 Å². The van der Waals surface area contributed by atoms with E-state index in [1.165, 1.54) is 50.6 Å². The van der Waals surface area contributed by atoms with Crippen molar-refractivity contribution in [1.82, 2.24) is 21.3 Å². The van der Waals surface area contributed by atoms with Crippen molar-refractivity contribution < 1.29 is 38.9 Å². The monoisotopic (exact) mass is 456 g/mol. The smallest absolute Gasteiger partial charge is 0.328 e. The molecule has 2 saturated heterocycles. The van der Waals surface area contributed by atoms with E-state index in [4.69, 9.17) is 9.47 Å². The third kappa shape index (κ3) is 3.32. The summed E-state index contributed by atoms with van der Waals surface area (Å²) in [6.45, 7) is 0. The molecule has 2 fully saturated rings. The number of phenolic OH excluding ortho intramolecular Hbond substituents is 2. The van der Waals surface area contributed by atoms with Crippen LogP contribution in [0.1, 0.15) is 23.2 Å². The number of hydrogen-bond donors (Lipinski definition) is 6. The van der Waals surface area contributed by atoms with Gasteiger partial charge in [0.25, 0.3) is 0 Å². The zero-order valence-electron chi connectivity index (χ0n) is 17.5. The van der Waals surface area contributed by atoms with E-state index in [0.717, 1.165) is 0 Å². The molecule has 12 nitrogen and oxygen atoms in total. The highest BCUT2D eigenvalue weighted by Gasteiger charge is 2.64. The Balaban J connectivity index is 1.96. The molecule has 2 aliphatic heterocycles. The lowest BCUT2D eigenvalue weighted by molar-refractivity contribution is -0.150. The largest absolute Gasteiger partial charge is 0.504 e. The normalized spacial score (nSPS) is 21.5. The molecular weight excluding hydrogens is 436 g/mol. The molecule has 4 rings (SSSR count). The van der Waals surface area contributed by atoms with Crippen LogP contribution in [0.15, 0.2) is 36.4 Å². The molecular formula is C21H20N4O8. The van der Waals surface area contributed by atoms with Gasteiger partial charge in [-0.25, -0.2) is 9.59 Å². The Hall–Kier alpha value is -4.48. The molecule has 2 aromatic rings. The number of urea groups is 2. The Kier molecular flexibility index (Phi) is 5.20. The van der Waals surface area contributed by atoms with Gasteiger partial charge in [-0.1, -0.05) is 12.1 Å². The Morgan fingerprint density at radius 2 is 1.15 bits per heavy atom. The van der Waals surface area contributed by atoms with Crippen LogP contribution in [0.5, 0.6) is 23.0 Å². The van der Waals surface area contributed by atoms with E-state index in [0.29, 0.717) is 0 Å². The summed E-state index contributed by atoms with van der Waals surface area (Å²) in [5, 5.41) is 29.3. The van der Waals surface area contributed by atoms with Gasteiger partial charge < -0.3 is 30.3 Å². The molecule has 0 aliphatic carbocycles. The van der Waals surface area contributed by atoms with Crippen LogP contribution in [-0.4, -0.2) is 48.3 Å². The summed E-state index contributed by atoms with van der Waals surface area (Å²) in [7, 11) is 2.64. The topological polar surface area (TPSA) is 175 Å². The van der Waals surface area contributed by atoms with Crippen LogP contribution in [0.25, 0.3) is 0 Å². The number of benzene rings is 2. The second-order valence-electron chi connectivity index (χ2n) is 7.45. The first kappa shape index (κ1) is 21.7. The Labute approximate surface area is 186 Å². The Bertz CT molecular complexity index is 1090. The third-order valence-corrected chi connectivity index (χ3v) is 5.74. The molecule has 0 saturated carbocycles. The van der Waals surface area contributed by atoms with Crippen LogP contribution >= 0.6 is 0 Å². The van der Waals surface area contributed by atoms with Gasteiger partial charge in [-0.05, 0) is 35.4 Å². The van der Waals surface area contributed by atoms with E-state index in [9.17, 15) is 29.4 Å². The highest BCUT2D eigenvalue weighted by molar-refractivity contribution is 6.21. The third-order valence-electron chi connectivity index (χ3n) is 5.74. The number of rotatable bonds is 4. The number of nitrogens with one attached hydrogen (secondary N) is 4. The maximum Gasteiger partial charge on any atom is 0.328 e. The van der Waals surface area contributed by atoms with Crippen molar-refractivity contribution in [3.8, 4) is 23.0 Å². The molecule has 6 N–H and O–H groups in total. The van der Waals surface area contributed by atoms with Gasteiger partial charge >= 0.3 is 12.1 Å². The fraction of sp³-hybridized carbons (Fsp3) is 0.238. The second kappa shape index (κ2) is 7.89. The first-order chi connectivity index (χ1) is 15.7. The van der Waals surface area contributed by atoms with Crippen molar-refractivity contribution in [1.29, 1.82) is 0 Å². The molecule has 6 amide bonds. The zero-order valence-corrected chi connectivity index (χ0v) is 17.5. The van der Waals surface area contributed by atoms with E-state index in [2.05, 4.69) is 21.3 Å². The molecule has 0 unspecified atom stereocenters. The maximum absolute atomic E-state index is 13.4. The molecule has 2 heterocycles. The van der Waals surface area contributed by atoms with Gasteiger partial charge in [-0.2, -0.15) is 0 Å². The summed E-state index contributed by atoms with van der Waals surface area (Å²) in [6, 6.07) is 3.90. The van der Waals surface area contributed by atoms with Crippen molar-refractivity contribution >= 4 is 23.9 Å². The molecule has 12 heteroatoms. The Morgan fingerprint density at radius 1 is 0.727 bits per heavy atom. The fourth-order valence-corrected chi connectivity index (χ4v) is 4.21. The van der Waals surface area contributed by atoms with E-state index in [-0.39, 0.29) is 34.1 Å². The number of aromatic hydroxyl groups is 2. The average Bonchev–Trinajstić information content (AvgIpc) is 2.78. The van der Waals surface area contributed by atoms with Gasteiger partial charge in [0.05, 0.1) is 26.3 Å². The maximum atomic E-state index is 13.4. The number of hydrogen-bond acceptors (Lipinski definition) is 8. The minimum Gasteiger partial charge on any atom is -0.504 e. The summed E-state index contributed by atoms with van der Waals surface area (Å²) in [4.78, 5) is 51.3. The van der Waals surface area contributed by atoms with E-state index in [1.807, 2.05) is 0 Å². The van der Waals surface area contributed by atoms with Crippen molar-refractivity contribution in [3.63, 3.8) is 0 Å². The predicted octanol–water partition coefficient (Wildman–Crippen LogP) is 0.563. The zero-order chi connectivity index (χ0) is 23.9. The van der Waals surface area contributed by atoms with Crippen molar-refractivity contribution in [3.05, 3.63) is 47.5 Å². The Morgan fingerprint density at radius 3 is 1.55 bits per heavy atom. The summed E-state index contributed by atoms with van der Waals surface area (Å²) in [5.41, 5.74) is -1.57.